The first-order chi connectivity index (χ1) is 12.1. The maximum Gasteiger partial charge on any atom is 0.223 e. The molecule has 1 atom stereocenters. The van der Waals surface area contributed by atoms with Crippen molar-refractivity contribution in [2.45, 2.75) is 39.2 Å². The van der Waals surface area contributed by atoms with Crippen molar-refractivity contribution in [1.82, 2.24) is 15.0 Å². The molecule has 0 spiro atoms. The van der Waals surface area contributed by atoms with Crippen molar-refractivity contribution in [3.05, 3.63) is 17.0 Å². The summed E-state index contributed by atoms with van der Waals surface area (Å²) >= 11 is 1.98. The molecular weight excluding hydrogens is 338 g/mol. The largest absolute Gasteiger partial charge is 0.379 e. The monoisotopic (exact) mass is 367 g/mol. The van der Waals surface area contributed by atoms with Gasteiger partial charge in [0.25, 0.3) is 0 Å². The Hall–Kier alpha value is -1.05. The van der Waals surface area contributed by atoms with Crippen LogP contribution >= 0.6 is 11.8 Å². The van der Waals surface area contributed by atoms with Crippen molar-refractivity contribution in [2.24, 2.45) is 0 Å². The number of nitrogens with zero attached hydrogens (tertiary/aromatic N) is 3. The highest BCUT2D eigenvalue weighted by atomic mass is 32.2. The van der Waals surface area contributed by atoms with Gasteiger partial charge in [0.15, 0.2) is 0 Å². The Morgan fingerprint density at radius 2 is 2.08 bits per heavy atom. The molecule has 0 bridgehead atoms. The van der Waals surface area contributed by atoms with Crippen LogP contribution in [0.5, 0.6) is 0 Å². The molecule has 0 radical (unpaired) electrons. The summed E-state index contributed by atoms with van der Waals surface area (Å²) in [5, 5.41) is 3.99. The number of aryl methyl sites for hydroxylation is 2. The summed E-state index contributed by atoms with van der Waals surface area (Å²) in [6, 6.07) is 0.308. The fourth-order valence-corrected chi connectivity index (χ4v) is 4.68. The van der Waals surface area contributed by atoms with Gasteiger partial charge in [-0.2, -0.15) is 11.8 Å². The Morgan fingerprint density at radius 3 is 2.80 bits per heavy atom. The molecule has 0 aliphatic carbocycles. The van der Waals surface area contributed by atoms with Crippen LogP contribution < -0.4 is 0 Å². The van der Waals surface area contributed by atoms with E-state index in [4.69, 9.17) is 9.26 Å². The lowest BCUT2D eigenvalue weighted by molar-refractivity contribution is -0.133. The fraction of sp³-hybridized carbons (Fsp3) is 0.778. The average molecular weight is 368 g/mol. The molecule has 0 saturated carbocycles. The summed E-state index contributed by atoms with van der Waals surface area (Å²) in [6.45, 7) is 9.27. The Labute approximate surface area is 154 Å². The minimum atomic E-state index is 0.265. The maximum atomic E-state index is 12.9. The summed E-state index contributed by atoms with van der Waals surface area (Å²) in [6.07, 6.45) is 2.34. The molecule has 1 aromatic heterocycles. The van der Waals surface area contributed by atoms with Crippen LogP contribution in [0.4, 0.5) is 0 Å². The molecule has 0 aromatic carbocycles. The number of rotatable bonds is 5. The second-order valence-corrected chi connectivity index (χ2v) is 8.03. The molecule has 3 rings (SSSR count). The van der Waals surface area contributed by atoms with Gasteiger partial charge in [-0.05, 0) is 32.4 Å². The SMILES string of the molecule is Cc1noc(C)c1CCC(=O)N1CCCSC[C@H]1CN1CCOCC1. The molecule has 2 saturated heterocycles. The highest BCUT2D eigenvalue weighted by Crippen LogP contribution is 2.20. The van der Waals surface area contributed by atoms with Crippen molar-refractivity contribution >= 4 is 17.7 Å². The third kappa shape index (κ3) is 4.99. The van der Waals surface area contributed by atoms with Gasteiger partial charge in [0.1, 0.15) is 5.76 Å². The van der Waals surface area contributed by atoms with Gasteiger partial charge in [0.05, 0.1) is 24.9 Å². The van der Waals surface area contributed by atoms with Crippen LogP contribution in [0.2, 0.25) is 0 Å². The third-order valence-corrected chi connectivity index (χ3v) is 6.30. The molecule has 1 amide bonds. The van der Waals surface area contributed by atoms with Gasteiger partial charge in [0, 0.05) is 43.9 Å². The smallest absolute Gasteiger partial charge is 0.223 e. The Bertz CT molecular complexity index is 552. The molecule has 0 unspecified atom stereocenters. The number of aromatic nitrogens is 1. The third-order valence-electron chi connectivity index (χ3n) is 5.10. The Morgan fingerprint density at radius 1 is 1.28 bits per heavy atom. The number of carbonyl (C=O) groups is 1. The topological polar surface area (TPSA) is 58.8 Å². The molecule has 0 N–H and O–H groups in total. The maximum absolute atomic E-state index is 12.9. The van der Waals surface area contributed by atoms with Gasteiger partial charge in [-0.25, -0.2) is 0 Å². The normalized spacial score (nSPS) is 22.8. The fourth-order valence-electron chi connectivity index (χ4n) is 3.62. The lowest BCUT2D eigenvalue weighted by Crippen LogP contribution is -2.50. The molecular formula is C18H29N3O3S. The first kappa shape index (κ1) is 18.7. The van der Waals surface area contributed by atoms with Gasteiger partial charge in [-0.1, -0.05) is 5.16 Å². The molecule has 6 nitrogen and oxygen atoms in total. The van der Waals surface area contributed by atoms with E-state index in [0.717, 1.165) is 74.3 Å². The second kappa shape index (κ2) is 9.05. The summed E-state index contributed by atoms with van der Waals surface area (Å²) < 4.78 is 10.7. The molecule has 140 valence electrons. The van der Waals surface area contributed by atoms with Crippen LogP contribution in [-0.2, 0) is 16.0 Å². The number of carbonyl (C=O) groups excluding carboxylic acids is 1. The van der Waals surface area contributed by atoms with E-state index in [9.17, 15) is 4.79 Å². The number of thioether (sulfide) groups is 1. The second-order valence-electron chi connectivity index (χ2n) is 6.89. The van der Waals surface area contributed by atoms with E-state index in [-0.39, 0.29) is 5.91 Å². The van der Waals surface area contributed by atoms with Crippen LogP contribution in [0.15, 0.2) is 4.52 Å². The van der Waals surface area contributed by atoms with Gasteiger partial charge >= 0.3 is 0 Å². The summed E-state index contributed by atoms with van der Waals surface area (Å²) in [5.74, 6) is 3.28. The van der Waals surface area contributed by atoms with Crippen LogP contribution in [0, 0.1) is 13.8 Å². The van der Waals surface area contributed by atoms with Crippen molar-refractivity contribution in [2.75, 3.05) is 50.9 Å². The zero-order valence-electron chi connectivity index (χ0n) is 15.3. The van der Waals surface area contributed by atoms with E-state index < -0.39 is 0 Å². The van der Waals surface area contributed by atoms with E-state index in [1.807, 2.05) is 25.6 Å². The van der Waals surface area contributed by atoms with Crippen molar-refractivity contribution < 1.29 is 14.1 Å². The molecule has 7 heteroatoms. The number of amides is 1. The zero-order valence-corrected chi connectivity index (χ0v) is 16.1. The lowest BCUT2D eigenvalue weighted by Gasteiger charge is -2.35. The Kier molecular flexibility index (Phi) is 6.78. The quantitative estimate of drug-likeness (QED) is 0.792. The molecule has 2 fully saturated rings. The number of hydrogen-bond donors (Lipinski definition) is 0. The van der Waals surface area contributed by atoms with Crippen LogP contribution in [0.1, 0.15) is 29.9 Å². The molecule has 3 heterocycles. The van der Waals surface area contributed by atoms with Crippen LogP contribution in [0.3, 0.4) is 0 Å². The minimum absolute atomic E-state index is 0.265. The highest BCUT2D eigenvalue weighted by Gasteiger charge is 2.28. The van der Waals surface area contributed by atoms with Crippen molar-refractivity contribution in [3.63, 3.8) is 0 Å². The predicted molar refractivity (Wildman–Crippen MR) is 99.0 cm³/mol. The summed E-state index contributed by atoms with van der Waals surface area (Å²) in [7, 11) is 0. The highest BCUT2D eigenvalue weighted by molar-refractivity contribution is 7.99. The minimum Gasteiger partial charge on any atom is -0.379 e. The molecule has 2 aliphatic rings. The average Bonchev–Trinajstić information content (AvgIpc) is 2.81. The lowest BCUT2D eigenvalue weighted by atomic mass is 10.1. The first-order valence-corrected chi connectivity index (χ1v) is 10.4. The summed E-state index contributed by atoms with van der Waals surface area (Å²) in [5.41, 5.74) is 1.99. The van der Waals surface area contributed by atoms with Crippen molar-refractivity contribution in [3.8, 4) is 0 Å². The van der Waals surface area contributed by atoms with E-state index in [1.54, 1.807) is 0 Å². The van der Waals surface area contributed by atoms with Gasteiger partial charge in [-0.3, -0.25) is 9.69 Å². The van der Waals surface area contributed by atoms with Crippen molar-refractivity contribution in [1.29, 1.82) is 0 Å². The molecule has 1 aromatic rings. The molecule has 25 heavy (non-hydrogen) atoms. The van der Waals surface area contributed by atoms with E-state index in [0.29, 0.717) is 18.9 Å². The first-order valence-electron chi connectivity index (χ1n) is 9.24. The van der Waals surface area contributed by atoms with E-state index in [1.165, 1.54) is 0 Å². The zero-order chi connectivity index (χ0) is 17.6. The van der Waals surface area contributed by atoms with E-state index >= 15 is 0 Å². The van der Waals surface area contributed by atoms with Gasteiger partial charge < -0.3 is 14.2 Å². The van der Waals surface area contributed by atoms with Crippen LogP contribution in [-0.4, -0.2) is 77.8 Å². The number of morpholine rings is 1. The standard InChI is InChI=1S/C18H29N3O3S/c1-14-17(15(2)24-19-14)4-5-18(22)21-6-3-11-25-13-16(21)12-20-7-9-23-10-8-20/h16H,3-13H2,1-2H3/t16-/m1/s1. The Balaban J connectivity index is 1.60. The number of ether oxygens (including phenoxy) is 1. The van der Waals surface area contributed by atoms with E-state index in [2.05, 4.69) is 15.0 Å². The predicted octanol–water partition coefficient (Wildman–Crippen LogP) is 1.89. The summed E-state index contributed by atoms with van der Waals surface area (Å²) in [4.78, 5) is 17.5. The van der Waals surface area contributed by atoms with Crippen LogP contribution in [0.25, 0.3) is 0 Å². The van der Waals surface area contributed by atoms with Gasteiger partial charge in [0.2, 0.25) is 5.91 Å². The number of hydrogen-bond acceptors (Lipinski definition) is 6. The molecule has 2 aliphatic heterocycles. The van der Waals surface area contributed by atoms with Gasteiger partial charge in [-0.15, -0.1) is 0 Å².